The van der Waals surface area contributed by atoms with Gasteiger partial charge < -0.3 is 53.2 Å². The molecule has 0 aliphatic carbocycles. The van der Waals surface area contributed by atoms with Crippen LogP contribution in [0.15, 0.2) is 311 Å². The van der Waals surface area contributed by atoms with Gasteiger partial charge in [0.25, 0.3) is 0 Å². The van der Waals surface area contributed by atoms with E-state index >= 15 is 0 Å². The van der Waals surface area contributed by atoms with E-state index in [1.807, 2.05) is 158 Å². The number of methoxy groups -OCH3 is 5. The monoisotopic (exact) mass is 1790 g/mol. The Labute approximate surface area is 762 Å². The van der Waals surface area contributed by atoms with Crippen LogP contribution in [0.5, 0.6) is 0 Å². The van der Waals surface area contributed by atoms with Gasteiger partial charge in [-0.05, 0) is 134 Å². The number of ketones is 6. The predicted octanol–water partition coefficient (Wildman–Crippen LogP) is 19.8. The van der Waals surface area contributed by atoms with Crippen molar-refractivity contribution in [2.45, 2.75) is 6.92 Å². The Hall–Kier alpha value is -17.3. The molecule has 654 valence electrons. The number of nitrogens with zero attached hydrogens (tertiary/aromatic N) is 7. The van der Waals surface area contributed by atoms with E-state index in [2.05, 4.69) is 80.4 Å². The quantitative estimate of drug-likeness (QED) is 0.0217. The zero-order chi connectivity index (χ0) is 93.2. The second-order valence-corrected chi connectivity index (χ2v) is 29.9. The van der Waals surface area contributed by atoms with E-state index in [1.54, 1.807) is 147 Å². The van der Waals surface area contributed by atoms with E-state index in [0.29, 0.717) is 66.0 Å². The lowest BCUT2D eigenvalue weighted by atomic mass is 10.0. The number of rotatable bonds is 19. The summed E-state index contributed by atoms with van der Waals surface area (Å²) in [7, 11) is 8.53. The average molecular weight is 1790 g/mol. The predicted molar refractivity (Wildman–Crippen MR) is 502 cm³/mol. The van der Waals surface area contributed by atoms with Crippen molar-refractivity contribution < 1.29 is 71.6 Å². The highest BCUT2D eigenvalue weighted by Gasteiger charge is 2.26. The zero-order valence-corrected chi connectivity index (χ0v) is 73.1. The van der Waals surface area contributed by atoms with Crippen molar-refractivity contribution in [2.24, 2.45) is 7.05 Å². The molecule has 0 aliphatic heterocycles. The maximum atomic E-state index is 12.8. The van der Waals surface area contributed by atoms with E-state index in [4.69, 9.17) is 27.9 Å². The Morgan fingerprint density at radius 1 is 0.326 bits per heavy atom. The van der Waals surface area contributed by atoms with Gasteiger partial charge in [0.15, 0.2) is 0 Å². The second kappa shape index (κ2) is 41.4. The molecule has 19 aromatic rings. The van der Waals surface area contributed by atoms with E-state index in [-0.39, 0.29) is 80.3 Å². The van der Waals surface area contributed by atoms with Crippen LogP contribution in [0.4, 0.5) is 0 Å². The van der Waals surface area contributed by atoms with Crippen molar-refractivity contribution in [3.05, 3.63) is 422 Å². The summed E-state index contributed by atoms with van der Waals surface area (Å²) in [5.74, 6) is -2.97. The number of H-pyrrole nitrogens is 5. The molecule has 0 saturated carbocycles. The fourth-order valence-electron chi connectivity index (χ4n) is 14.3. The Bertz CT molecular complexity index is 7650. The van der Waals surface area contributed by atoms with Crippen LogP contribution in [0, 0.1) is 6.92 Å². The van der Waals surface area contributed by atoms with Gasteiger partial charge >= 0.3 is 23.9 Å². The first-order chi connectivity index (χ1) is 63.9. The summed E-state index contributed by atoms with van der Waals surface area (Å²) in [6.45, 7) is 5.60. The number of halogens is 2. The summed E-state index contributed by atoms with van der Waals surface area (Å²) >= 11 is 11.9. The number of nitrogens with one attached hydrogen (secondary N) is 5. The third-order valence-electron chi connectivity index (χ3n) is 20.8. The number of aryl methyl sites for hydroxylation is 2. The standard InChI is InChI=1S/C20H14N2O.2C17H14N2O3.C17H14N2O2.2C16H11ClN2O3/c23-20(16-13-21-18-10-5-4-9-15(16)18)19-12-6-11-17(22-19)14-7-2-1-3-8-14;1-19-10-12(11-6-3-4-9-15(11)19)16(20)13-7-5-8-14(18-13)17(21)22-2;1-10-15(11-6-3-4-7-12(11)18-10)16(20)13-8-5-9-14(19-13)17(21)22-2;1-11(21-2)12-7-8-16(18-9-12)17(20)14-10-19-15-6-4-3-5-13(14)15;1-22-16(21)14-4-2-3-13(19-14)15(20)11-8-18-12-6-5-9(17)7-10(11)12;1-22-16(21)13-4-2-3-12(19-13)15(20)11-8-18-14-7-9(17)5-6-10(11)14/h1-13,21H;3-10H,1-2H3;3-9,18H,1-2H3;3-10,19H,1H2,2H3;2*2-8,18H,1H3. The number of aromatic amines is 5. The van der Waals surface area contributed by atoms with Crippen LogP contribution >= 0.6 is 23.2 Å². The van der Waals surface area contributed by atoms with Crippen molar-refractivity contribution in [3.63, 3.8) is 0 Å². The van der Waals surface area contributed by atoms with Crippen LogP contribution < -0.4 is 0 Å². The minimum atomic E-state index is -0.586. The summed E-state index contributed by atoms with van der Waals surface area (Å²) in [5.41, 5.74) is 14.0. The number of carbonyl (C=O) groups excluding carboxylic acids is 10. The van der Waals surface area contributed by atoms with Gasteiger partial charge in [-0.15, -0.1) is 0 Å². The summed E-state index contributed by atoms with van der Waals surface area (Å²) in [6, 6.07) is 78.8. The van der Waals surface area contributed by atoms with E-state index < -0.39 is 23.9 Å². The second-order valence-electron chi connectivity index (χ2n) is 29.0. The Morgan fingerprint density at radius 2 is 0.705 bits per heavy atom. The summed E-state index contributed by atoms with van der Waals surface area (Å²) in [6.07, 6.45) is 10.1. The molecule has 0 unspecified atom stereocenters. The lowest BCUT2D eigenvalue weighted by Gasteiger charge is -2.04. The van der Waals surface area contributed by atoms with E-state index in [1.165, 1.54) is 52.7 Å². The Morgan fingerprint density at radius 3 is 1.19 bits per heavy atom. The normalized spacial score (nSPS) is 10.6. The summed E-state index contributed by atoms with van der Waals surface area (Å²) in [5, 5.41) is 6.11. The first-order valence-electron chi connectivity index (χ1n) is 40.4. The molecule has 19 rings (SSSR count). The third-order valence-corrected chi connectivity index (χ3v) is 21.3. The smallest absolute Gasteiger partial charge is 0.356 e. The third kappa shape index (κ3) is 20.4. The van der Waals surface area contributed by atoms with Crippen LogP contribution in [0.1, 0.15) is 150 Å². The number of hydrogen-bond acceptors (Lipinski definition) is 21. The van der Waals surface area contributed by atoms with Crippen LogP contribution in [-0.2, 0) is 30.7 Å². The Kier molecular flexibility index (Phi) is 28.5. The number of pyridine rings is 6. The molecule has 0 amide bonds. The fourth-order valence-corrected chi connectivity index (χ4v) is 14.6. The van der Waals surface area contributed by atoms with Crippen molar-refractivity contribution in [2.75, 3.05) is 35.5 Å². The van der Waals surface area contributed by atoms with Crippen molar-refractivity contribution in [3.8, 4) is 11.3 Å². The number of hydrogen-bond donors (Lipinski definition) is 5. The SMILES string of the molecule is C=C(OC)c1ccc(C(=O)c2c[nH]c3ccccc23)nc1.COC(=O)c1cccc(C(=O)c2c(C)[nH]c3ccccc23)n1.COC(=O)c1cccc(C(=O)c2c[nH]c3cc(Cl)ccc23)n1.COC(=O)c1cccc(C(=O)c2c[nH]c3ccc(Cl)cc23)n1.COC(=O)c1cccc(C(=O)c2cn(C)c3ccccc23)n1.O=C(c1cccc(-c2ccccc2)n1)c1c[nH]c2ccccc12. The maximum absolute atomic E-state index is 12.8. The minimum absolute atomic E-state index is 0.0692. The number of fused-ring (bicyclic) bond motifs is 6. The molecular weight excluding hydrogens is 1720 g/mol. The maximum Gasteiger partial charge on any atom is 0.356 e. The minimum Gasteiger partial charge on any atom is -0.497 e. The van der Waals surface area contributed by atoms with Crippen molar-refractivity contribution in [1.29, 1.82) is 0 Å². The summed E-state index contributed by atoms with van der Waals surface area (Å²) < 4.78 is 25.4. The molecule has 7 aromatic carbocycles. The molecule has 0 bridgehead atoms. The molecule has 5 N–H and O–H groups in total. The molecule has 29 heteroatoms. The molecule has 12 aromatic heterocycles. The molecular formula is C103H78Cl2N12O15. The highest BCUT2D eigenvalue weighted by molar-refractivity contribution is 6.32. The van der Waals surface area contributed by atoms with Gasteiger partial charge in [0, 0.05) is 164 Å². The van der Waals surface area contributed by atoms with Crippen LogP contribution in [-0.4, -0.2) is 154 Å². The first-order valence-corrected chi connectivity index (χ1v) is 41.2. The molecule has 0 atom stereocenters. The van der Waals surface area contributed by atoms with Gasteiger partial charge in [0.05, 0.1) is 46.8 Å². The van der Waals surface area contributed by atoms with Crippen LogP contribution in [0.3, 0.4) is 0 Å². The lowest BCUT2D eigenvalue weighted by Crippen LogP contribution is -2.10. The number of aromatic nitrogens is 12. The molecule has 0 radical (unpaired) electrons. The first kappa shape index (κ1) is 90.9. The van der Waals surface area contributed by atoms with Crippen molar-refractivity contribution in [1.82, 2.24) is 59.4 Å². The van der Waals surface area contributed by atoms with Crippen LogP contribution in [0.25, 0.3) is 82.4 Å². The number of esters is 4. The van der Waals surface area contributed by atoms with Gasteiger partial charge in [0.1, 0.15) is 62.7 Å². The largest absolute Gasteiger partial charge is 0.497 e. The van der Waals surface area contributed by atoms with E-state index in [0.717, 1.165) is 82.5 Å². The molecule has 0 aliphatic rings. The van der Waals surface area contributed by atoms with E-state index in [9.17, 15) is 47.9 Å². The molecule has 27 nitrogen and oxygen atoms in total. The van der Waals surface area contributed by atoms with Crippen LogP contribution in [0.2, 0.25) is 10.0 Å². The fraction of sp³-hybridized carbons (Fsp3) is 0.0680. The topological polar surface area (TPSA) is 378 Å². The Balaban J connectivity index is 0.000000127. The number of ether oxygens (including phenoxy) is 5. The highest BCUT2D eigenvalue weighted by atomic mass is 35.5. The van der Waals surface area contributed by atoms with Gasteiger partial charge in [0.2, 0.25) is 34.7 Å². The molecule has 0 spiro atoms. The van der Waals surface area contributed by atoms with Gasteiger partial charge in [-0.1, -0.05) is 169 Å². The van der Waals surface area contributed by atoms with Crippen molar-refractivity contribution >= 4 is 153 Å². The van der Waals surface area contributed by atoms with Gasteiger partial charge in [-0.3, -0.25) is 33.8 Å². The average Bonchev–Trinajstić information content (AvgIpc) is 1.64. The number of benzene rings is 7. The lowest BCUT2D eigenvalue weighted by molar-refractivity contribution is 0.0585. The highest BCUT2D eigenvalue weighted by Crippen LogP contribution is 2.31. The molecule has 0 saturated heterocycles. The summed E-state index contributed by atoms with van der Waals surface area (Å²) in [4.78, 5) is 163. The number of carbonyl (C=O) groups is 10. The van der Waals surface area contributed by atoms with Gasteiger partial charge in [-0.25, -0.2) is 44.1 Å². The number of para-hydroxylation sites is 4. The molecule has 0 fully saturated rings. The molecule has 132 heavy (non-hydrogen) atoms. The molecule has 12 heterocycles. The van der Waals surface area contributed by atoms with Gasteiger partial charge in [-0.2, -0.15) is 0 Å². The zero-order valence-electron chi connectivity index (χ0n) is 71.6.